The van der Waals surface area contributed by atoms with Gasteiger partial charge in [-0.3, -0.25) is 9.79 Å². The van der Waals surface area contributed by atoms with Gasteiger partial charge in [-0.2, -0.15) is 0 Å². The van der Waals surface area contributed by atoms with Gasteiger partial charge in [0.15, 0.2) is 0 Å². The first-order valence-electron chi connectivity index (χ1n) is 3.17. The molecule has 0 saturated heterocycles. The molecule has 0 aromatic rings. The summed E-state index contributed by atoms with van der Waals surface area (Å²) in [5.41, 5.74) is 0. The number of nitrogens with zero attached hydrogens (tertiary/aromatic N) is 1. The second kappa shape index (κ2) is 3.61. The van der Waals surface area contributed by atoms with Gasteiger partial charge in [0.1, 0.15) is 0 Å². The zero-order valence-corrected chi connectivity index (χ0v) is 6.36. The highest BCUT2D eigenvalue weighted by molar-refractivity contribution is 8.14. The van der Waals surface area contributed by atoms with E-state index in [1.165, 1.54) is 0 Å². The molecular weight excluding hydrogens is 150 g/mol. The van der Waals surface area contributed by atoms with Gasteiger partial charge in [-0.1, -0.05) is 0 Å². The third-order valence-corrected chi connectivity index (χ3v) is 2.25. The van der Waals surface area contributed by atoms with Gasteiger partial charge in [0.25, 0.3) is 0 Å². The summed E-state index contributed by atoms with van der Waals surface area (Å²) in [7, 11) is 0. The molecule has 3 nitrogen and oxygen atoms in total. The molecule has 0 aliphatic carbocycles. The number of aliphatic carboxylic acids is 1. The Morgan fingerprint density at radius 1 is 1.80 bits per heavy atom. The molecule has 4 heteroatoms. The van der Waals surface area contributed by atoms with Crippen molar-refractivity contribution in [2.45, 2.75) is 12.8 Å². The van der Waals surface area contributed by atoms with Gasteiger partial charge >= 0.3 is 5.97 Å². The molecular formula is C6H9NO2S. The molecule has 1 rings (SSSR count). The molecule has 1 aliphatic heterocycles. The minimum Gasteiger partial charge on any atom is -0.481 e. The van der Waals surface area contributed by atoms with Crippen LogP contribution in [0.1, 0.15) is 12.8 Å². The molecule has 1 heterocycles. The molecule has 0 aromatic heterocycles. The van der Waals surface area contributed by atoms with E-state index in [0.717, 1.165) is 17.3 Å². The molecule has 0 atom stereocenters. The number of carboxylic acid groups (broad SMARTS) is 1. The first-order chi connectivity index (χ1) is 4.79. The molecule has 0 unspecified atom stereocenters. The molecule has 10 heavy (non-hydrogen) atoms. The lowest BCUT2D eigenvalue weighted by Crippen LogP contribution is -1.97. The van der Waals surface area contributed by atoms with Crippen LogP contribution in [0.5, 0.6) is 0 Å². The van der Waals surface area contributed by atoms with Crippen LogP contribution >= 0.6 is 11.8 Å². The highest BCUT2D eigenvalue weighted by Gasteiger charge is 2.07. The zero-order valence-electron chi connectivity index (χ0n) is 5.54. The second-order valence-electron chi connectivity index (χ2n) is 2.02. The van der Waals surface area contributed by atoms with Crippen molar-refractivity contribution in [3.63, 3.8) is 0 Å². The van der Waals surface area contributed by atoms with Crippen LogP contribution in [-0.4, -0.2) is 28.4 Å². The summed E-state index contributed by atoms with van der Waals surface area (Å²) < 4.78 is 0. The summed E-state index contributed by atoms with van der Waals surface area (Å²) >= 11 is 1.67. The van der Waals surface area contributed by atoms with Crippen molar-refractivity contribution < 1.29 is 9.90 Å². The lowest BCUT2D eigenvalue weighted by atomic mass is 10.3. The smallest absolute Gasteiger partial charge is 0.303 e. The number of carbonyl (C=O) groups is 1. The fourth-order valence-corrected chi connectivity index (χ4v) is 1.59. The van der Waals surface area contributed by atoms with Crippen molar-refractivity contribution in [3.05, 3.63) is 0 Å². The first kappa shape index (κ1) is 7.60. The van der Waals surface area contributed by atoms with E-state index in [4.69, 9.17) is 5.11 Å². The number of hydrogen-bond donors (Lipinski definition) is 1. The van der Waals surface area contributed by atoms with E-state index in [9.17, 15) is 4.79 Å². The Hall–Kier alpha value is -0.510. The van der Waals surface area contributed by atoms with E-state index in [-0.39, 0.29) is 6.42 Å². The summed E-state index contributed by atoms with van der Waals surface area (Å²) in [4.78, 5) is 14.2. The minimum atomic E-state index is -0.741. The van der Waals surface area contributed by atoms with Crippen LogP contribution in [0.15, 0.2) is 4.99 Å². The molecule has 1 N–H and O–H groups in total. The van der Waals surface area contributed by atoms with Crippen molar-refractivity contribution in [1.29, 1.82) is 0 Å². The van der Waals surface area contributed by atoms with Crippen LogP contribution in [0.25, 0.3) is 0 Å². The van der Waals surface area contributed by atoms with Crippen LogP contribution in [-0.2, 0) is 4.79 Å². The van der Waals surface area contributed by atoms with Gasteiger partial charge in [-0.05, 0) is 0 Å². The third kappa shape index (κ3) is 2.39. The highest BCUT2D eigenvalue weighted by Crippen LogP contribution is 2.15. The Balaban J connectivity index is 2.19. The van der Waals surface area contributed by atoms with Gasteiger partial charge < -0.3 is 5.11 Å². The topological polar surface area (TPSA) is 49.7 Å². The van der Waals surface area contributed by atoms with E-state index < -0.39 is 5.97 Å². The fraction of sp³-hybridized carbons (Fsp3) is 0.667. The SMILES string of the molecule is O=C(O)CCC1=NCCS1. The summed E-state index contributed by atoms with van der Waals surface area (Å²) in [6.07, 6.45) is 0.825. The Labute approximate surface area is 63.5 Å². The fourth-order valence-electron chi connectivity index (χ4n) is 0.745. The Morgan fingerprint density at radius 2 is 2.60 bits per heavy atom. The standard InChI is InChI=1S/C6H9NO2S/c8-6(9)2-1-5-7-3-4-10-5/h1-4H2,(H,8,9). The largest absolute Gasteiger partial charge is 0.481 e. The monoisotopic (exact) mass is 159 g/mol. The normalized spacial score (nSPS) is 17.0. The van der Waals surface area contributed by atoms with Crippen LogP contribution < -0.4 is 0 Å². The maximum absolute atomic E-state index is 10.1. The van der Waals surface area contributed by atoms with Gasteiger partial charge in [0.2, 0.25) is 0 Å². The van der Waals surface area contributed by atoms with Gasteiger partial charge in [0, 0.05) is 18.7 Å². The number of hydrogen-bond acceptors (Lipinski definition) is 3. The Bertz CT molecular complexity index is 167. The lowest BCUT2D eigenvalue weighted by Gasteiger charge is -1.93. The van der Waals surface area contributed by atoms with Crippen molar-refractivity contribution in [2.75, 3.05) is 12.3 Å². The highest BCUT2D eigenvalue weighted by atomic mass is 32.2. The van der Waals surface area contributed by atoms with Gasteiger partial charge in [0.05, 0.1) is 11.5 Å². The van der Waals surface area contributed by atoms with Crippen molar-refractivity contribution >= 4 is 22.8 Å². The molecule has 0 aromatic carbocycles. The minimum absolute atomic E-state index is 0.214. The second-order valence-corrected chi connectivity index (χ2v) is 3.19. The Kier molecular flexibility index (Phi) is 2.74. The van der Waals surface area contributed by atoms with Gasteiger partial charge in [-0.15, -0.1) is 11.8 Å². The maximum Gasteiger partial charge on any atom is 0.303 e. The van der Waals surface area contributed by atoms with Crippen LogP contribution in [0, 0.1) is 0 Å². The molecule has 56 valence electrons. The lowest BCUT2D eigenvalue weighted by molar-refractivity contribution is -0.136. The summed E-state index contributed by atoms with van der Waals surface area (Å²) in [5, 5.41) is 9.31. The predicted molar refractivity (Wildman–Crippen MR) is 41.6 cm³/mol. The van der Waals surface area contributed by atoms with Crippen molar-refractivity contribution in [3.8, 4) is 0 Å². The first-order valence-corrected chi connectivity index (χ1v) is 4.15. The van der Waals surface area contributed by atoms with Crippen LogP contribution in [0.3, 0.4) is 0 Å². The molecule has 0 amide bonds. The van der Waals surface area contributed by atoms with E-state index in [2.05, 4.69) is 4.99 Å². The van der Waals surface area contributed by atoms with Crippen LogP contribution in [0.2, 0.25) is 0 Å². The molecule has 0 spiro atoms. The predicted octanol–water partition coefficient (Wildman–Crippen LogP) is 0.996. The number of thioether (sulfide) groups is 1. The number of rotatable bonds is 3. The van der Waals surface area contributed by atoms with Crippen molar-refractivity contribution in [2.24, 2.45) is 4.99 Å². The zero-order chi connectivity index (χ0) is 7.40. The average molecular weight is 159 g/mol. The van der Waals surface area contributed by atoms with E-state index >= 15 is 0 Å². The summed E-state index contributed by atoms with van der Waals surface area (Å²) in [6.45, 7) is 0.861. The molecule has 1 aliphatic rings. The molecule has 0 saturated carbocycles. The van der Waals surface area contributed by atoms with Crippen molar-refractivity contribution in [1.82, 2.24) is 0 Å². The Morgan fingerprint density at radius 3 is 3.10 bits per heavy atom. The molecule has 0 bridgehead atoms. The quantitative estimate of drug-likeness (QED) is 0.668. The number of aliphatic imine (C=N–C) groups is 1. The molecule has 0 radical (unpaired) electrons. The maximum atomic E-state index is 10.1. The van der Waals surface area contributed by atoms with E-state index in [1.807, 2.05) is 0 Å². The summed E-state index contributed by atoms with van der Waals surface area (Å²) in [5.74, 6) is 0.282. The molecule has 0 fully saturated rings. The van der Waals surface area contributed by atoms with Crippen LogP contribution in [0.4, 0.5) is 0 Å². The summed E-state index contributed by atoms with van der Waals surface area (Å²) in [6, 6.07) is 0. The van der Waals surface area contributed by atoms with Gasteiger partial charge in [-0.25, -0.2) is 0 Å². The average Bonchev–Trinajstić information content (AvgIpc) is 2.34. The van der Waals surface area contributed by atoms with E-state index in [0.29, 0.717) is 6.42 Å². The third-order valence-electron chi connectivity index (χ3n) is 1.20. The number of carboxylic acids is 1. The van der Waals surface area contributed by atoms with E-state index in [1.54, 1.807) is 11.8 Å².